The van der Waals surface area contributed by atoms with Gasteiger partial charge in [0.25, 0.3) is 0 Å². The van der Waals surface area contributed by atoms with Gasteiger partial charge in [0.1, 0.15) is 0 Å². The summed E-state index contributed by atoms with van der Waals surface area (Å²) < 4.78 is 39.1. The summed E-state index contributed by atoms with van der Waals surface area (Å²) in [5, 5.41) is 8.85. The number of anilines is 2. The van der Waals surface area contributed by atoms with Gasteiger partial charge in [0.2, 0.25) is 5.91 Å². The van der Waals surface area contributed by atoms with Gasteiger partial charge in [-0.25, -0.2) is 0 Å². The van der Waals surface area contributed by atoms with E-state index in [-0.39, 0.29) is 17.5 Å². The molecule has 3 N–H and O–H groups in total. The number of benzene rings is 2. The second-order valence-electron chi connectivity index (χ2n) is 6.28. The quantitative estimate of drug-likeness (QED) is 0.756. The van der Waals surface area contributed by atoms with Crippen LogP contribution in [0, 0.1) is 5.92 Å². The Hall–Kier alpha value is -2.54. The predicted molar refractivity (Wildman–Crippen MR) is 94.8 cm³/mol. The van der Waals surface area contributed by atoms with Crippen molar-refractivity contribution < 1.29 is 18.0 Å². The topological polar surface area (TPSA) is 53.2 Å². The summed E-state index contributed by atoms with van der Waals surface area (Å²) in [4.78, 5) is 12.3. The molecule has 0 aliphatic carbocycles. The third-order valence-electron chi connectivity index (χ3n) is 4.36. The van der Waals surface area contributed by atoms with Gasteiger partial charge in [-0.2, -0.15) is 13.2 Å². The molecule has 1 aliphatic heterocycles. The molecule has 7 heteroatoms. The van der Waals surface area contributed by atoms with Crippen molar-refractivity contribution in [2.45, 2.75) is 19.1 Å². The third kappa shape index (κ3) is 4.54. The second kappa shape index (κ2) is 7.78. The molecule has 138 valence electrons. The number of hydrogen-bond acceptors (Lipinski definition) is 3. The number of rotatable bonds is 5. The van der Waals surface area contributed by atoms with E-state index in [0.29, 0.717) is 25.2 Å². The Bertz CT molecular complexity index is 756. The van der Waals surface area contributed by atoms with E-state index in [1.54, 1.807) is 0 Å². The zero-order chi connectivity index (χ0) is 18.6. The van der Waals surface area contributed by atoms with Crippen molar-refractivity contribution in [3.8, 4) is 0 Å². The number of alkyl halides is 3. The summed E-state index contributed by atoms with van der Waals surface area (Å²) in [6.45, 7) is 1.72. The monoisotopic (exact) mass is 363 g/mol. The van der Waals surface area contributed by atoms with Crippen LogP contribution in [0.1, 0.15) is 17.5 Å². The predicted octanol–water partition coefficient (Wildman–Crippen LogP) is 3.87. The van der Waals surface area contributed by atoms with Gasteiger partial charge in [-0.05, 0) is 36.7 Å². The molecular formula is C19H20F3N3O. The fraction of sp³-hybridized carbons (Fsp3) is 0.316. The van der Waals surface area contributed by atoms with Crippen LogP contribution < -0.4 is 16.0 Å². The Morgan fingerprint density at radius 1 is 1.12 bits per heavy atom. The molecule has 1 saturated heterocycles. The Morgan fingerprint density at radius 2 is 1.88 bits per heavy atom. The first-order valence-electron chi connectivity index (χ1n) is 8.44. The van der Waals surface area contributed by atoms with Crippen molar-refractivity contribution in [2.24, 2.45) is 5.92 Å². The summed E-state index contributed by atoms with van der Waals surface area (Å²) in [5.41, 5.74) is 0.807. The van der Waals surface area contributed by atoms with Crippen molar-refractivity contribution in [3.63, 3.8) is 0 Å². The third-order valence-corrected chi connectivity index (χ3v) is 4.36. The lowest BCUT2D eigenvalue weighted by Crippen LogP contribution is -2.25. The first-order valence-corrected chi connectivity index (χ1v) is 8.44. The van der Waals surface area contributed by atoms with Crippen LogP contribution in [0.15, 0.2) is 48.5 Å². The van der Waals surface area contributed by atoms with E-state index in [2.05, 4.69) is 16.0 Å². The highest BCUT2D eigenvalue weighted by Crippen LogP contribution is 2.34. The SMILES string of the molecule is O=C(Nc1cc(C(F)(F)F)ccc1NCc1ccccc1)C1CCNC1. The average molecular weight is 363 g/mol. The average Bonchev–Trinajstić information content (AvgIpc) is 3.15. The van der Waals surface area contributed by atoms with Crippen molar-refractivity contribution in [1.29, 1.82) is 0 Å². The fourth-order valence-corrected chi connectivity index (χ4v) is 2.88. The van der Waals surface area contributed by atoms with Crippen LogP contribution >= 0.6 is 0 Å². The summed E-state index contributed by atoms with van der Waals surface area (Å²) in [6.07, 6.45) is -3.79. The molecule has 3 rings (SSSR count). The summed E-state index contributed by atoms with van der Waals surface area (Å²) in [7, 11) is 0. The standard InChI is InChI=1S/C19H20F3N3O/c20-19(21,22)15-6-7-16(24-11-13-4-2-1-3-5-13)17(10-15)25-18(26)14-8-9-23-12-14/h1-7,10,14,23-24H,8-9,11-12H2,(H,25,26). The molecule has 0 bridgehead atoms. The zero-order valence-electron chi connectivity index (χ0n) is 14.1. The van der Waals surface area contributed by atoms with Crippen LogP contribution in [0.2, 0.25) is 0 Å². The highest BCUT2D eigenvalue weighted by Gasteiger charge is 2.31. The number of carbonyl (C=O) groups is 1. The molecule has 4 nitrogen and oxygen atoms in total. The maximum atomic E-state index is 13.0. The molecule has 0 aromatic heterocycles. The maximum Gasteiger partial charge on any atom is 0.416 e. The number of halogens is 3. The van der Waals surface area contributed by atoms with E-state index >= 15 is 0 Å². The maximum absolute atomic E-state index is 13.0. The smallest absolute Gasteiger partial charge is 0.379 e. The minimum atomic E-state index is -4.47. The van der Waals surface area contributed by atoms with E-state index in [1.807, 2.05) is 30.3 Å². The van der Waals surface area contributed by atoms with Crippen molar-refractivity contribution in [3.05, 3.63) is 59.7 Å². The van der Waals surface area contributed by atoms with Gasteiger partial charge in [-0.1, -0.05) is 30.3 Å². The first kappa shape index (κ1) is 18.3. The highest BCUT2D eigenvalue weighted by atomic mass is 19.4. The lowest BCUT2D eigenvalue weighted by Gasteiger charge is -2.17. The van der Waals surface area contributed by atoms with Gasteiger partial charge in [0.15, 0.2) is 0 Å². The number of hydrogen-bond donors (Lipinski definition) is 3. The van der Waals surface area contributed by atoms with Crippen LogP contribution in [0.25, 0.3) is 0 Å². The van der Waals surface area contributed by atoms with Crippen molar-refractivity contribution >= 4 is 17.3 Å². The van der Waals surface area contributed by atoms with E-state index in [0.717, 1.165) is 24.2 Å². The molecule has 2 aromatic rings. The first-order chi connectivity index (χ1) is 12.4. The van der Waals surface area contributed by atoms with Crippen LogP contribution in [0.3, 0.4) is 0 Å². The molecular weight excluding hydrogens is 343 g/mol. The lowest BCUT2D eigenvalue weighted by molar-refractivity contribution is -0.137. The summed E-state index contributed by atoms with van der Waals surface area (Å²) in [6, 6.07) is 12.9. The largest absolute Gasteiger partial charge is 0.416 e. The molecule has 0 radical (unpaired) electrons. The minimum absolute atomic E-state index is 0.146. The van der Waals surface area contributed by atoms with E-state index in [9.17, 15) is 18.0 Å². The Morgan fingerprint density at radius 3 is 2.54 bits per heavy atom. The second-order valence-corrected chi connectivity index (χ2v) is 6.28. The van der Waals surface area contributed by atoms with Crippen molar-refractivity contribution in [1.82, 2.24) is 5.32 Å². The van der Waals surface area contributed by atoms with Gasteiger partial charge >= 0.3 is 6.18 Å². The van der Waals surface area contributed by atoms with Crippen LogP contribution in [-0.2, 0) is 17.5 Å². The molecule has 1 aliphatic rings. The highest BCUT2D eigenvalue weighted by molar-refractivity contribution is 5.96. The molecule has 1 fully saturated rings. The molecule has 26 heavy (non-hydrogen) atoms. The zero-order valence-corrected chi connectivity index (χ0v) is 14.1. The van der Waals surface area contributed by atoms with Crippen molar-refractivity contribution in [2.75, 3.05) is 23.7 Å². The Balaban J connectivity index is 1.80. The van der Waals surface area contributed by atoms with E-state index in [4.69, 9.17) is 0 Å². The molecule has 0 spiro atoms. The van der Waals surface area contributed by atoms with Crippen LogP contribution in [0.5, 0.6) is 0 Å². The summed E-state index contributed by atoms with van der Waals surface area (Å²) >= 11 is 0. The fourth-order valence-electron chi connectivity index (χ4n) is 2.88. The molecule has 1 amide bonds. The molecule has 2 aromatic carbocycles. The molecule has 1 heterocycles. The van der Waals surface area contributed by atoms with Crippen LogP contribution in [0.4, 0.5) is 24.5 Å². The normalized spacial score (nSPS) is 17.1. The van der Waals surface area contributed by atoms with Gasteiger partial charge in [-0.3, -0.25) is 4.79 Å². The van der Waals surface area contributed by atoms with Gasteiger partial charge in [0, 0.05) is 13.1 Å². The number of carbonyl (C=O) groups excluding carboxylic acids is 1. The molecule has 0 saturated carbocycles. The van der Waals surface area contributed by atoms with Gasteiger partial charge < -0.3 is 16.0 Å². The number of nitrogens with one attached hydrogen (secondary N) is 3. The number of amides is 1. The van der Waals surface area contributed by atoms with E-state index < -0.39 is 11.7 Å². The Kier molecular flexibility index (Phi) is 5.46. The van der Waals surface area contributed by atoms with Crippen LogP contribution in [-0.4, -0.2) is 19.0 Å². The molecule has 1 atom stereocenters. The Labute approximate surface area is 149 Å². The minimum Gasteiger partial charge on any atom is -0.379 e. The van der Waals surface area contributed by atoms with E-state index in [1.165, 1.54) is 6.07 Å². The van der Waals surface area contributed by atoms with Gasteiger partial charge in [-0.15, -0.1) is 0 Å². The summed E-state index contributed by atoms with van der Waals surface area (Å²) in [5.74, 6) is -0.497. The lowest BCUT2D eigenvalue weighted by atomic mass is 10.1. The van der Waals surface area contributed by atoms with Gasteiger partial charge in [0.05, 0.1) is 22.9 Å². The molecule has 1 unspecified atom stereocenters.